The molecule has 14 heavy (non-hydrogen) atoms. The van der Waals surface area contributed by atoms with Crippen LogP contribution < -0.4 is 5.73 Å². The summed E-state index contributed by atoms with van der Waals surface area (Å²) in [5.41, 5.74) is 8.01. The zero-order chi connectivity index (χ0) is 9.97. The van der Waals surface area contributed by atoms with Crippen LogP contribution in [-0.4, -0.2) is 0 Å². The van der Waals surface area contributed by atoms with E-state index in [0.29, 0.717) is 6.54 Å². The predicted octanol–water partition coefficient (Wildman–Crippen LogP) is 3.18. The number of hydrogen-bond donors (Lipinski definition) is 1. The average molecular weight is 203 g/mol. The minimum absolute atomic E-state index is 0.615. The minimum Gasteiger partial charge on any atom is -0.326 e. The van der Waals surface area contributed by atoms with Gasteiger partial charge in [-0.3, -0.25) is 0 Å². The Hall–Kier alpha value is -1.12. The van der Waals surface area contributed by atoms with Crippen molar-refractivity contribution < 1.29 is 0 Å². The zero-order valence-corrected chi connectivity index (χ0v) is 8.97. The lowest BCUT2D eigenvalue weighted by Gasteiger charge is -1.99. The standard InChI is InChI=1S/C12H13NS/c1-9-2-7-12(14-9)11-5-3-10(8-13)4-6-11/h2-7H,8,13H2,1H3. The van der Waals surface area contributed by atoms with Gasteiger partial charge in [0.25, 0.3) is 0 Å². The molecule has 2 N–H and O–H groups in total. The van der Waals surface area contributed by atoms with Crippen molar-refractivity contribution in [2.45, 2.75) is 13.5 Å². The van der Waals surface area contributed by atoms with Gasteiger partial charge in [-0.25, -0.2) is 0 Å². The molecule has 0 fully saturated rings. The first kappa shape index (κ1) is 9.44. The molecule has 1 nitrogen and oxygen atoms in total. The predicted molar refractivity (Wildman–Crippen MR) is 62.4 cm³/mol. The van der Waals surface area contributed by atoms with Crippen LogP contribution in [0.2, 0.25) is 0 Å². The fourth-order valence-corrected chi connectivity index (χ4v) is 2.27. The topological polar surface area (TPSA) is 26.0 Å². The molecule has 0 aliphatic rings. The average Bonchev–Trinajstić information content (AvgIpc) is 2.65. The van der Waals surface area contributed by atoms with E-state index in [1.807, 2.05) is 11.3 Å². The van der Waals surface area contributed by atoms with Gasteiger partial charge in [0, 0.05) is 16.3 Å². The molecule has 0 saturated heterocycles. The van der Waals surface area contributed by atoms with Crippen LogP contribution in [0.25, 0.3) is 10.4 Å². The fourth-order valence-electron chi connectivity index (χ4n) is 1.39. The van der Waals surface area contributed by atoms with Crippen molar-refractivity contribution >= 4 is 11.3 Å². The van der Waals surface area contributed by atoms with Gasteiger partial charge in [0.05, 0.1) is 0 Å². The molecule has 2 rings (SSSR count). The molecular weight excluding hydrogens is 190 g/mol. The Morgan fingerprint density at radius 1 is 1.07 bits per heavy atom. The first-order chi connectivity index (χ1) is 6.79. The van der Waals surface area contributed by atoms with E-state index in [0.717, 1.165) is 0 Å². The quantitative estimate of drug-likeness (QED) is 0.797. The van der Waals surface area contributed by atoms with Gasteiger partial charge in [0.15, 0.2) is 0 Å². The zero-order valence-electron chi connectivity index (χ0n) is 8.16. The van der Waals surface area contributed by atoms with Crippen LogP contribution in [0.1, 0.15) is 10.4 Å². The molecule has 1 aromatic heterocycles. The summed E-state index contributed by atoms with van der Waals surface area (Å²) >= 11 is 1.82. The first-order valence-electron chi connectivity index (χ1n) is 4.65. The summed E-state index contributed by atoms with van der Waals surface area (Å²) in [7, 11) is 0. The Morgan fingerprint density at radius 2 is 1.79 bits per heavy atom. The van der Waals surface area contributed by atoms with Gasteiger partial charge in [-0.2, -0.15) is 0 Å². The second kappa shape index (κ2) is 3.95. The molecule has 2 aromatic rings. The summed E-state index contributed by atoms with van der Waals surface area (Å²) in [5, 5.41) is 0. The summed E-state index contributed by atoms with van der Waals surface area (Å²) in [6.07, 6.45) is 0. The third kappa shape index (κ3) is 1.86. The lowest BCUT2D eigenvalue weighted by molar-refractivity contribution is 1.07. The molecule has 1 heterocycles. The molecule has 0 aliphatic carbocycles. The molecule has 2 heteroatoms. The first-order valence-corrected chi connectivity index (χ1v) is 5.47. The third-order valence-corrected chi connectivity index (χ3v) is 3.26. The van der Waals surface area contributed by atoms with Crippen LogP contribution in [0.5, 0.6) is 0 Å². The van der Waals surface area contributed by atoms with Gasteiger partial charge in [-0.15, -0.1) is 11.3 Å². The number of aryl methyl sites for hydroxylation is 1. The smallest absolute Gasteiger partial charge is 0.0345 e. The maximum atomic E-state index is 5.55. The van der Waals surface area contributed by atoms with Crippen molar-refractivity contribution in [1.82, 2.24) is 0 Å². The van der Waals surface area contributed by atoms with E-state index in [-0.39, 0.29) is 0 Å². The van der Waals surface area contributed by atoms with Crippen LogP contribution in [0, 0.1) is 6.92 Å². The van der Waals surface area contributed by atoms with Crippen LogP contribution >= 0.6 is 11.3 Å². The van der Waals surface area contributed by atoms with Gasteiger partial charge < -0.3 is 5.73 Å². The Bertz CT molecular complexity index is 414. The van der Waals surface area contributed by atoms with Crippen LogP contribution in [0.15, 0.2) is 36.4 Å². The molecule has 0 unspecified atom stereocenters. The lowest BCUT2D eigenvalue weighted by Crippen LogP contribution is -1.94. The highest BCUT2D eigenvalue weighted by molar-refractivity contribution is 7.15. The van der Waals surface area contributed by atoms with Crippen LogP contribution in [0.3, 0.4) is 0 Å². The maximum Gasteiger partial charge on any atom is 0.0345 e. The summed E-state index contributed by atoms with van der Waals surface area (Å²) in [4.78, 5) is 2.67. The summed E-state index contributed by atoms with van der Waals surface area (Å²) < 4.78 is 0. The van der Waals surface area contributed by atoms with Crippen molar-refractivity contribution in [3.63, 3.8) is 0 Å². The van der Waals surface area contributed by atoms with E-state index >= 15 is 0 Å². The number of thiophene rings is 1. The van der Waals surface area contributed by atoms with Gasteiger partial charge in [-0.05, 0) is 30.2 Å². The molecule has 0 radical (unpaired) electrons. The van der Waals surface area contributed by atoms with Crippen molar-refractivity contribution in [3.05, 3.63) is 46.8 Å². The molecular formula is C12H13NS. The number of benzene rings is 1. The molecule has 0 atom stereocenters. The molecule has 0 amide bonds. The van der Waals surface area contributed by atoms with Crippen molar-refractivity contribution in [2.75, 3.05) is 0 Å². The molecule has 0 aliphatic heterocycles. The van der Waals surface area contributed by atoms with Gasteiger partial charge >= 0.3 is 0 Å². The van der Waals surface area contributed by atoms with Crippen LogP contribution in [-0.2, 0) is 6.54 Å². The van der Waals surface area contributed by atoms with E-state index in [2.05, 4.69) is 43.3 Å². The molecule has 1 aromatic carbocycles. The Morgan fingerprint density at radius 3 is 2.29 bits per heavy atom. The Kier molecular flexibility index (Phi) is 2.66. The van der Waals surface area contributed by atoms with Crippen molar-refractivity contribution in [3.8, 4) is 10.4 Å². The number of nitrogens with two attached hydrogens (primary N) is 1. The molecule has 0 spiro atoms. The number of rotatable bonds is 2. The molecule has 72 valence electrons. The summed E-state index contributed by atoms with van der Waals surface area (Å²) in [6.45, 7) is 2.74. The largest absolute Gasteiger partial charge is 0.326 e. The highest BCUT2D eigenvalue weighted by Gasteiger charge is 1.99. The summed E-state index contributed by atoms with van der Waals surface area (Å²) in [5.74, 6) is 0. The normalized spacial score (nSPS) is 10.4. The van der Waals surface area contributed by atoms with Crippen molar-refractivity contribution in [1.29, 1.82) is 0 Å². The highest BCUT2D eigenvalue weighted by Crippen LogP contribution is 2.27. The minimum atomic E-state index is 0.615. The van der Waals surface area contributed by atoms with E-state index in [1.165, 1.54) is 20.9 Å². The number of hydrogen-bond acceptors (Lipinski definition) is 2. The van der Waals surface area contributed by atoms with Gasteiger partial charge in [0.1, 0.15) is 0 Å². The lowest BCUT2D eigenvalue weighted by atomic mass is 10.1. The third-order valence-electron chi connectivity index (χ3n) is 2.21. The monoisotopic (exact) mass is 203 g/mol. The van der Waals surface area contributed by atoms with E-state index < -0.39 is 0 Å². The summed E-state index contributed by atoms with van der Waals surface area (Å²) in [6, 6.07) is 12.8. The van der Waals surface area contributed by atoms with Crippen LogP contribution in [0.4, 0.5) is 0 Å². The fraction of sp³-hybridized carbons (Fsp3) is 0.167. The maximum absolute atomic E-state index is 5.55. The second-order valence-electron chi connectivity index (χ2n) is 3.31. The van der Waals surface area contributed by atoms with Gasteiger partial charge in [-0.1, -0.05) is 24.3 Å². The SMILES string of the molecule is Cc1ccc(-c2ccc(CN)cc2)s1. The Balaban J connectivity index is 2.33. The molecule has 0 saturated carbocycles. The molecule has 0 bridgehead atoms. The Labute approximate surface area is 88.2 Å². The van der Waals surface area contributed by atoms with E-state index in [1.54, 1.807) is 0 Å². The highest BCUT2D eigenvalue weighted by atomic mass is 32.1. The van der Waals surface area contributed by atoms with Crippen molar-refractivity contribution in [2.24, 2.45) is 5.73 Å². The van der Waals surface area contributed by atoms with Gasteiger partial charge in [0.2, 0.25) is 0 Å². The van der Waals surface area contributed by atoms with E-state index in [4.69, 9.17) is 5.73 Å². The second-order valence-corrected chi connectivity index (χ2v) is 4.60. The van der Waals surface area contributed by atoms with E-state index in [9.17, 15) is 0 Å².